The molecular weight excluding hydrogens is 1140 g/mol. The van der Waals surface area contributed by atoms with Crippen molar-refractivity contribution in [1.29, 1.82) is 0 Å². The predicted molar refractivity (Wildman–Crippen MR) is 392 cm³/mol. The Bertz CT molecular complexity index is 6200. The molecule has 0 amide bonds. The zero-order chi connectivity index (χ0) is 62.7. The molecule has 0 spiro atoms. The van der Waals surface area contributed by atoms with E-state index in [1.807, 2.05) is 0 Å². The first-order valence-corrected chi connectivity index (χ1v) is 33.1. The van der Waals surface area contributed by atoms with E-state index in [1.165, 1.54) is 132 Å². The van der Waals surface area contributed by atoms with E-state index in [2.05, 4.69) is 328 Å². The van der Waals surface area contributed by atoms with Crippen molar-refractivity contribution in [2.45, 2.75) is 57.8 Å². The molecule has 3 aliphatic carbocycles. The maximum Gasteiger partial charge on any atom is 0.160 e. The average Bonchev–Trinajstić information content (AvgIpc) is 1.55. The molecular formula is C89H63N5. The van der Waals surface area contributed by atoms with Crippen LogP contribution in [-0.2, 0) is 16.2 Å². The molecule has 5 nitrogen and oxygen atoms in total. The van der Waals surface area contributed by atoms with Crippen LogP contribution < -0.4 is 0 Å². The molecule has 0 aliphatic heterocycles. The number of fused-ring (bicyclic) bond motifs is 22. The molecule has 17 aromatic rings. The second kappa shape index (κ2) is 18.9. The van der Waals surface area contributed by atoms with E-state index in [0.717, 1.165) is 55.9 Å². The van der Waals surface area contributed by atoms with Crippen LogP contribution in [0.1, 0.15) is 74.9 Å². The van der Waals surface area contributed by atoms with E-state index in [1.54, 1.807) is 0 Å². The molecule has 3 aliphatic rings. The molecule has 4 aromatic heterocycles. The van der Waals surface area contributed by atoms with Crippen LogP contribution in [0.15, 0.2) is 273 Å². The van der Waals surface area contributed by atoms with Gasteiger partial charge in [-0.2, -0.15) is 0 Å². The van der Waals surface area contributed by atoms with E-state index in [-0.39, 0.29) is 16.2 Å². The predicted octanol–water partition coefficient (Wildman–Crippen LogP) is 22.8. The number of hydrogen-bond donors (Lipinski definition) is 0. The van der Waals surface area contributed by atoms with E-state index in [9.17, 15) is 0 Å². The Kier molecular flexibility index (Phi) is 10.7. The van der Waals surface area contributed by atoms with Gasteiger partial charge in [0, 0.05) is 98.8 Å². The van der Waals surface area contributed by atoms with E-state index in [0.29, 0.717) is 5.82 Å². The first-order chi connectivity index (χ1) is 45.9. The lowest BCUT2D eigenvalue weighted by atomic mass is 9.82. The second-order valence-electron chi connectivity index (χ2n) is 28.0. The molecule has 13 aromatic carbocycles. The Morgan fingerprint density at radius 1 is 0.255 bits per heavy atom. The molecule has 0 fully saturated rings. The quantitative estimate of drug-likeness (QED) is 0.166. The van der Waals surface area contributed by atoms with Gasteiger partial charge in [-0.05, 0) is 128 Å². The van der Waals surface area contributed by atoms with Gasteiger partial charge in [-0.3, -0.25) is 0 Å². The van der Waals surface area contributed by atoms with E-state index < -0.39 is 0 Å². The van der Waals surface area contributed by atoms with Gasteiger partial charge in [-0.15, -0.1) is 0 Å². The summed E-state index contributed by atoms with van der Waals surface area (Å²) in [6.07, 6.45) is 0. The highest BCUT2D eigenvalue weighted by molar-refractivity contribution is 6.18. The largest absolute Gasteiger partial charge is 0.309 e. The van der Waals surface area contributed by atoms with Gasteiger partial charge in [-0.1, -0.05) is 248 Å². The van der Waals surface area contributed by atoms with Crippen molar-refractivity contribution in [3.63, 3.8) is 0 Å². The zero-order valence-corrected chi connectivity index (χ0v) is 53.2. The van der Waals surface area contributed by atoms with Crippen LogP contribution in [0.4, 0.5) is 0 Å². The van der Waals surface area contributed by atoms with Crippen molar-refractivity contribution in [3.05, 3.63) is 306 Å². The summed E-state index contributed by atoms with van der Waals surface area (Å²) in [6, 6.07) is 102. The van der Waals surface area contributed by atoms with Crippen molar-refractivity contribution < 1.29 is 0 Å². The third kappa shape index (κ3) is 7.08. The van der Waals surface area contributed by atoms with Crippen LogP contribution in [0, 0.1) is 0 Å². The minimum Gasteiger partial charge on any atom is -0.309 e. The summed E-state index contributed by atoms with van der Waals surface area (Å²) in [5, 5.41) is 8.47. The molecule has 4 heterocycles. The summed E-state index contributed by atoms with van der Waals surface area (Å²) in [7, 11) is 0. The van der Waals surface area contributed by atoms with Crippen LogP contribution in [0.2, 0.25) is 0 Å². The number of hydrogen-bond acceptors (Lipinski definition) is 2. The number of benzene rings is 13. The smallest absolute Gasteiger partial charge is 0.160 e. The maximum atomic E-state index is 5.77. The summed E-state index contributed by atoms with van der Waals surface area (Å²) in [5.74, 6) is 0.670. The molecule has 0 N–H and O–H groups in total. The highest BCUT2D eigenvalue weighted by Crippen LogP contribution is 2.57. The van der Waals surface area contributed by atoms with Gasteiger partial charge in [0.15, 0.2) is 5.82 Å². The highest BCUT2D eigenvalue weighted by atomic mass is 15.0. The standard InChI is InChI=1S/C89H63N5/c1-87(2)69-31-13-7-28-65(69)79-72(87)45-42-62-59-25-10-16-34-76(59)92(83(62)79)56-40-37-52(38-41-56)82-68-51-54(53-21-19-23-57(49-53)93-77-35-17-11-26-60(77)63-43-46-73-80(84(63)93)66-29-8-14-32-70(66)88(73,3)4)39-48-75(68)90-86(91-82)55-22-20-24-58(50-55)94-78-36-18-12-27-61(78)64-44-47-74-81(85(64)94)67-30-9-15-33-71(67)89(74,5)6/h7-51H,1-6H3. The lowest BCUT2D eigenvalue weighted by molar-refractivity contribution is 0.660. The molecule has 444 valence electrons. The normalized spacial score (nSPS) is 14.5. The fraction of sp³-hybridized carbons (Fsp3) is 0.101. The summed E-state index contributed by atoms with van der Waals surface area (Å²) in [6.45, 7) is 14.2. The third-order valence-corrected chi connectivity index (χ3v) is 22.0. The van der Waals surface area contributed by atoms with Crippen molar-refractivity contribution in [3.8, 4) is 84.2 Å². The first-order valence-electron chi connectivity index (χ1n) is 33.1. The van der Waals surface area contributed by atoms with Crippen molar-refractivity contribution >= 4 is 76.3 Å². The topological polar surface area (TPSA) is 40.6 Å². The fourth-order valence-corrected chi connectivity index (χ4v) is 17.6. The SMILES string of the molecule is CC1(C)c2ccccc2-c2c1ccc1c3ccccc3n(-c3ccc(-c4nc(-c5cccc(-n6c7ccccc7c7ccc8c(c76)-c6ccccc6C8(C)C)c5)nc5ccc(-c6cccc(-n7c8ccccc8c8ccc9c(c87)-c7ccccc7C9(C)C)c6)cc45)cc3)c21. The van der Waals surface area contributed by atoms with Crippen molar-refractivity contribution in [2.24, 2.45) is 0 Å². The summed E-state index contributed by atoms with van der Waals surface area (Å²) in [4.78, 5) is 11.3. The van der Waals surface area contributed by atoms with Gasteiger partial charge in [0.1, 0.15) is 0 Å². The molecule has 94 heavy (non-hydrogen) atoms. The monoisotopic (exact) mass is 1200 g/mol. The van der Waals surface area contributed by atoms with Gasteiger partial charge in [0.05, 0.1) is 44.3 Å². The van der Waals surface area contributed by atoms with Gasteiger partial charge < -0.3 is 13.7 Å². The van der Waals surface area contributed by atoms with Crippen LogP contribution in [0.5, 0.6) is 0 Å². The summed E-state index contributed by atoms with van der Waals surface area (Å²) < 4.78 is 7.50. The van der Waals surface area contributed by atoms with E-state index in [4.69, 9.17) is 9.97 Å². The maximum absolute atomic E-state index is 5.77. The Labute approximate surface area is 545 Å². The van der Waals surface area contributed by atoms with Gasteiger partial charge >= 0.3 is 0 Å². The number of para-hydroxylation sites is 3. The number of aromatic nitrogens is 5. The number of nitrogens with zero attached hydrogens (tertiary/aromatic N) is 5. The summed E-state index contributed by atoms with van der Waals surface area (Å²) in [5.41, 5.74) is 32.1. The average molecular weight is 1200 g/mol. The molecule has 0 saturated heterocycles. The van der Waals surface area contributed by atoms with Crippen molar-refractivity contribution in [2.75, 3.05) is 0 Å². The third-order valence-electron chi connectivity index (χ3n) is 22.0. The van der Waals surface area contributed by atoms with Gasteiger partial charge in [0.25, 0.3) is 0 Å². The molecule has 5 heteroatoms. The Balaban J connectivity index is 0.783. The summed E-state index contributed by atoms with van der Waals surface area (Å²) >= 11 is 0. The Morgan fingerprint density at radius 3 is 1.11 bits per heavy atom. The fourth-order valence-electron chi connectivity index (χ4n) is 17.6. The Hall–Kier alpha value is -11.4. The number of rotatable bonds is 6. The minimum absolute atomic E-state index is 0.135. The van der Waals surface area contributed by atoms with Crippen molar-refractivity contribution in [1.82, 2.24) is 23.7 Å². The molecule has 0 unspecified atom stereocenters. The zero-order valence-electron chi connectivity index (χ0n) is 53.2. The first kappa shape index (κ1) is 53.3. The lowest BCUT2D eigenvalue weighted by Gasteiger charge is -2.21. The van der Waals surface area contributed by atoms with Gasteiger partial charge in [0.2, 0.25) is 0 Å². The molecule has 0 atom stereocenters. The van der Waals surface area contributed by atoms with Crippen LogP contribution in [0.3, 0.4) is 0 Å². The van der Waals surface area contributed by atoms with Crippen LogP contribution in [-0.4, -0.2) is 23.7 Å². The lowest BCUT2D eigenvalue weighted by Crippen LogP contribution is -2.14. The molecule has 20 rings (SSSR count). The minimum atomic E-state index is -0.149. The van der Waals surface area contributed by atoms with Crippen LogP contribution in [0.25, 0.3) is 161 Å². The molecule has 0 bridgehead atoms. The van der Waals surface area contributed by atoms with Gasteiger partial charge in [-0.25, -0.2) is 9.97 Å². The second-order valence-corrected chi connectivity index (χ2v) is 28.0. The van der Waals surface area contributed by atoms with Crippen LogP contribution >= 0.6 is 0 Å². The highest BCUT2D eigenvalue weighted by Gasteiger charge is 2.41. The molecule has 0 saturated carbocycles. The molecule has 0 radical (unpaired) electrons. The van der Waals surface area contributed by atoms with E-state index >= 15 is 0 Å². The Morgan fingerprint density at radius 2 is 0.638 bits per heavy atom.